The number of likely N-dealkylation sites (tertiary alicyclic amines) is 1. The Kier molecular flexibility index (Phi) is 4.59. The number of ether oxygens (including phenoxy) is 2. The molecule has 2 amide bonds. The van der Waals surface area contributed by atoms with Gasteiger partial charge in [0.15, 0.2) is 5.79 Å². The summed E-state index contributed by atoms with van der Waals surface area (Å²) >= 11 is 0. The molecule has 0 aromatic heterocycles. The molecular weight excluding hydrogens is 287 g/mol. The summed E-state index contributed by atoms with van der Waals surface area (Å²) in [7, 11) is 0. The van der Waals surface area contributed by atoms with Crippen molar-refractivity contribution >= 4 is 6.03 Å². The van der Waals surface area contributed by atoms with Crippen LogP contribution in [0.2, 0.25) is 0 Å². The molecule has 2 saturated heterocycles. The lowest BCUT2D eigenvalue weighted by atomic mass is 10.0. The smallest absolute Gasteiger partial charge is 0.317 e. The van der Waals surface area contributed by atoms with Crippen molar-refractivity contribution in [2.45, 2.75) is 31.6 Å². The molecule has 0 bridgehead atoms. The van der Waals surface area contributed by atoms with Gasteiger partial charge in [0, 0.05) is 32.5 Å². The number of hydrogen-bond acceptors (Lipinski definition) is 3. The van der Waals surface area contributed by atoms with Gasteiger partial charge in [-0.15, -0.1) is 0 Å². The van der Waals surface area contributed by atoms with Gasteiger partial charge in [-0.1, -0.05) is 12.1 Å². The van der Waals surface area contributed by atoms with Gasteiger partial charge in [0.2, 0.25) is 0 Å². The monoisotopic (exact) mass is 308 g/mol. The highest BCUT2D eigenvalue weighted by Crippen LogP contribution is 2.30. The molecule has 0 radical (unpaired) electrons. The van der Waals surface area contributed by atoms with Crippen LogP contribution in [0, 0.1) is 5.82 Å². The Morgan fingerprint density at radius 2 is 1.82 bits per heavy atom. The van der Waals surface area contributed by atoms with Gasteiger partial charge in [-0.3, -0.25) is 0 Å². The molecule has 1 aromatic carbocycles. The van der Waals surface area contributed by atoms with Crippen LogP contribution in [0.5, 0.6) is 0 Å². The molecule has 0 saturated carbocycles. The van der Waals surface area contributed by atoms with Crippen molar-refractivity contribution in [1.82, 2.24) is 10.2 Å². The first-order chi connectivity index (χ1) is 10.7. The van der Waals surface area contributed by atoms with Gasteiger partial charge in [-0.05, 0) is 24.1 Å². The lowest BCUT2D eigenvalue weighted by Gasteiger charge is -2.43. The van der Waals surface area contributed by atoms with Gasteiger partial charge in [0.05, 0.1) is 13.2 Å². The maximum absolute atomic E-state index is 12.8. The molecule has 5 nitrogen and oxygen atoms in total. The Hall–Kier alpha value is -1.66. The topological polar surface area (TPSA) is 50.8 Å². The number of carbonyl (C=O) groups is 1. The van der Waals surface area contributed by atoms with Crippen LogP contribution in [0.4, 0.5) is 9.18 Å². The molecule has 0 atom stereocenters. The summed E-state index contributed by atoms with van der Waals surface area (Å²) in [4.78, 5) is 13.9. The van der Waals surface area contributed by atoms with Crippen LogP contribution in [-0.2, 0) is 16.0 Å². The van der Waals surface area contributed by atoms with Crippen molar-refractivity contribution < 1.29 is 18.7 Å². The van der Waals surface area contributed by atoms with E-state index in [1.807, 2.05) is 0 Å². The molecular formula is C16H21FN2O3. The highest BCUT2D eigenvalue weighted by atomic mass is 19.1. The molecule has 2 aliphatic heterocycles. The number of urea groups is 1. The van der Waals surface area contributed by atoms with Crippen molar-refractivity contribution in [2.24, 2.45) is 0 Å². The van der Waals surface area contributed by atoms with Crippen LogP contribution < -0.4 is 5.32 Å². The average Bonchev–Trinajstić information content (AvgIpc) is 2.55. The van der Waals surface area contributed by atoms with E-state index in [0.29, 0.717) is 32.5 Å². The number of benzene rings is 1. The molecule has 2 aliphatic rings. The summed E-state index contributed by atoms with van der Waals surface area (Å²) < 4.78 is 24.3. The maximum atomic E-state index is 12.8. The van der Waals surface area contributed by atoms with Crippen molar-refractivity contribution in [3.8, 4) is 0 Å². The third-order valence-electron chi connectivity index (χ3n) is 4.19. The van der Waals surface area contributed by atoms with Crippen molar-refractivity contribution in [3.05, 3.63) is 35.6 Å². The van der Waals surface area contributed by atoms with Gasteiger partial charge in [0.25, 0.3) is 0 Å². The van der Waals surface area contributed by atoms with Crippen LogP contribution in [0.15, 0.2) is 24.3 Å². The number of amides is 2. The molecule has 1 spiro atoms. The highest BCUT2D eigenvalue weighted by molar-refractivity contribution is 5.74. The minimum Gasteiger partial charge on any atom is -0.350 e. The SMILES string of the molecule is O=C(NCc1ccc(F)cc1)N1CCC2(CC1)OCCCO2. The summed E-state index contributed by atoms with van der Waals surface area (Å²) in [6.45, 7) is 3.10. The molecule has 22 heavy (non-hydrogen) atoms. The predicted octanol–water partition coefficient (Wildman–Crippen LogP) is 2.26. The second kappa shape index (κ2) is 6.62. The Morgan fingerprint density at radius 1 is 1.18 bits per heavy atom. The Morgan fingerprint density at radius 3 is 2.45 bits per heavy atom. The van der Waals surface area contributed by atoms with E-state index >= 15 is 0 Å². The normalized spacial score (nSPS) is 20.9. The third kappa shape index (κ3) is 3.56. The fraction of sp³-hybridized carbons (Fsp3) is 0.562. The average molecular weight is 308 g/mol. The minimum absolute atomic E-state index is 0.102. The lowest BCUT2D eigenvalue weighted by molar-refractivity contribution is -0.281. The Bertz CT molecular complexity index is 505. The van der Waals surface area contributed by atoms with E-state index in [-0.39, 0.29) is 11.8 Å². The van der Waals surface area contributed by atoms with E-state index in [0.717, 1.165) is 25.2 Å². The summed E-state index contributed by atoms with van der Waals surface area (Å²) in [5, 5.41) is 2.86. The number of nitrogens with one attached hydrogen (secondary N) is 1. The standard InChI is InChI=1S/C16H21FN2O3/c17-14-4-2-13(3-5-14)12-18-15(20)19-8-6-16(7-9-19)21-10-1-11-22-16/h2-5H,1,6-12H2,(H,18,20). The Balaban J connectivity index is 1.46. The third-order valence-corrected chi connectivity index (χ3v) is 4.19. The zero-order valence-electron chi connectivity index (χ0n) is 12.5. The molecule has 1 aromatic rings. The fourth-order valence-corrected chi connectivity index (χ4v) is 2.85. The van der Waals surface area contributed by atoms with Gasteiger partial charge in [-0.2, -0.15) is 0 Å². The van der Waals surface area contributed by atoms with Crippen LogP contribution in [0.3, 0.4) is 0 Å². The lowest BCUT2D eigenvalue weighted by Crippen LogP contribution is -2.53. The molecule has 0 unspecified atom stereocenters. The second-order valence-electron chi connectivity index (χ2n) is 5.73. The molecule has 2 heterocycles. The highest BCUT2D eigenvalue weighted by Gasteiger charge is 2.39. The van der Waals surface area contributed by atoms with Gasteiger partial charge in [-0.25, -0.2) is 9.18 Å². The molecule has 3 rings (SSSR count). The van der Waals surface area contributed by atoms with E-state index in [4.69, 9.17) is 9.47 Å². The molecule has 2 fully saturated rings. The van der Waals surface area contributed by atoms with E-state index in [9.17, 15) is 9.18 Å². The van der Waals surface area contributed by atoms with Crippen LogP contribution >= 0.6 is 0 Å². The number of halogens is 1. The molecule has 0 aliphatic carbocycles. The van der Waals surface area contributed by atoms with E-state index in [1.54, 1.807) is 17.0 Å². The quantitative estimate of drug-likeness (QED) is 0.912. The largest absolute Gasteiger partial charge is 0.350 e. The van der Waals surface area contributed by atoms with E-state index < -0.39 is 5.79 Å². The fourth-order valence-electron chi connectivity index (χ4n) is 2.85. The van der Waals surface area contributed by atoms with Crippen molar-refractivity contribution in [2.75, 3.05) is 26.3 Å². The number of piperidine rings is 1. The van der Waals surface area contributed by atoms with Crippen LogP contribution in [-0.4, -0.2) is 43.0 Å². The van der Waals surface area contributed by atoms with Crippen molar-refractivity contribution in [3.63, 3.8) is 0 Å². The number of hydrogen-bond donors (Lipinski definition) is 1. The molecule has 120 valence electrons. The first kappa shape index (κ1) is 15.2. The second-order valence-corrected chi connectivity index (χ2v) is 5.73. The van der Waals surface area contributed by atoms with E-state index in [1.165, 1.54) is 12.1 Å². The summed E-state index contributed by atoms with van der Waals surface area (Å²) in [6, 6.07) is 6.03. The zero-order chi connectivity index (χ0) is 15.4. The summed E-state index contributed by atoms with van der Waals surface area (Å²) in [5.41, 5.74) is 0.877. The zero-order valence-corrected chi connectivity index (χ0v) is 12.5. The van der Waals surface area contributed by atoms with Gasteiger partial charge >= 0.3 is 6.03 Å². The summed E-state index contributed by atoms with van der Waals surface area (Å²) in [5.74, 6) is -0.754. The van der Waals surface area contributed by atoms with Crippen LogP contribution in [0.1, 0.15) is 24.8 Å². The first-order valence-corrected chi connectivity index (χ1v) is 7.72. The van der Waals surface area contributed by atoms with E-state index in [2.05, 4.69) is 5.32 Å². The predicted molar refractivity (Wildman–Crippen MR) is 78.7 cm³/mol. The van der Waals surface area contributed by atoms with Gasteiger partial charge < -0.3 is 19.7 Å². The number of carbonyl (C=O) groups excluding carboxylic acids is 1. The molecule has 6 heteroatoms. The Labute approximate surface area is 129 Å². The molecule has 1 N–H and O–H groups in total. The summed E-state index contributed by atoms with van der Waals surface area (Å²) in [6.07, 6.45) is 2.34. The van der Waals surface area contributed by atoms with Crippen LogP contribution in [0.25, 0.3) is 0 Å². The van der Waals surface area contributed by atoms with Gasteiger partial charge in [0.1, 0.15) is 5.82 Å². The van der Waals surface area contributed by atoms with Crippen molar-refractivity contribution in [1.29, 1.82) is 0 Å². The number of nitrogens with zero attached hydrogens (tertiary/aromatic N) is 1. The minimum atomic E-state index is -0.480. The first-order valence-electron chi connectivity index (χ1n) is 7.72. The number of rotatable bonds is 2. The maximum Gasteiger partial charge on any atom is 0.317 e.